The third-order valence-electron chi connectivity index (χ3n) is 4.60. The minimum Gasteiger partial charge on any atom is -0.368 e. The molecule has 0 unspecified atom stereocenters. The van der Waals surface area contributed by atoms with Crippen LogP contribution in [0.4, 0.5) is 11.5 Å². The Kier molecular flexibility index (Phi) is 6.34. The predicted octanol–water partition coefficient (Wildman–Crippen LogP) is 3.59. The van der Waals surface area contributed by atoms with E-state index in [1.54, 1.807) is 12.3 Å². The summed E-state index contributed by atoms with van der Waals surface area (Å²) in [5.74, 6) is 0.832. The monoisotopic (exact) mass is 372 g/mol. The van der Waals surface area contributed by atoms with Gasteiger partial charge in [-0.1, -0.05) is 31.0 Å². The second-order valence-electron chi connectivity index (χ2n) is 6.47. The fourth-order valence-corrected chi connectivity index (χ4v) is 3.26. The van der Waals surface area contributed by atoms with Gasteiger partial charge in [0.15, 0.2) is 0 Å². The van der Waals surface area contributed by atoms with Crippen LogP contribution >= 0.6 is 11.6 Å². The van der Waals surface area contributed by atoms with Crippen LogP contribution in [0.5, 0.6) is 0 Å². The highest BCUT2D eigenvalue weighted by molar-refractivity contribution is 6.30. The van der Waals surface area contributed by atoms with Crippen LogP contribution in [0, 0.1) is 0 Å². The second-order valence-corrected chi connectivity index (χ2v) is 6.90. The van der Waals surface area contributed by atoms with Gasteiger partial charge < -0.3 is 15.1 Å². The SMILES string of the molecule is CCCCNC(=O)c1ccnc(N2CCN(c3cccc(Cl)c3)CC2)c1. The number of aromatic nitrogens is 1. The molecule has 0 atom stereocenters. The summed E-state index contributed by atoms with van der Waals surface area (Å²) in [7, 11) is 0. The van der Waals surface area contributed by atoms with Crippen molar-refractivity contribution in [3.63, 3.8) is 0 Å². The van der Waals surface area contributed by atoms with Crippen molar-refractivity contribution in [2.45, 2.75) is 19.8 Å². The van der Waals surface area contributed by atoms with E-state index in [0.717, 1.165) is 55.5 Å². The van der Waals surface area contributed by atoms with E-state index < -0.39 is 0 Å². The Morgan fingerprint density at radius 1 is 1.15 bits per heavy atom. The van der Waals surface area contributed by atoms with E-state index in [2.05, 4.69) is 33.1 Å². The van der Waals surface area contributed by atoms with Crippen LogP contribution in [0.1, 0.15) is 30.1 Å². The lowest BCUT2D eigenvalue weighted by Gasteiger charge is -2.36. The van der Waals surface area contributed by atoms with Crippen molar-refractivity contribution in [2.24, 2.45) is 0 Å². The number of pyridine rings is 1. The number of nitrogens with one attached hydrogen (secondary N) is 1. The zero-order valence-electron chi connectivity index (χ0n) is 15.1. The lowest BCUT2D eigenvalue weighted by Crippen LogP contribution is -2.46. The number of anilines is 2. The first kappa shape index (κ1) is 18.5. The Morgan fingerprint density at radius 3 is 2.65 bits per heavy atom. The van der Waals surface area contributed by atoms with E-state index in [-0.39, 0.29) is 5.91 Å². The molecule has 0 saturated carbocycles. The first-order chi connectivity index (χ1) is 12.7. The second kappa shape index (κ2) is 8.90. The summed E-state index contributed by atoms with van der Waals surface area (Å²) in [5, 5.41) is 3.72. The van der Waals surface area contributed by atoms with E-state index in [0.29, 0.717) is 12.1 Å². The zero-order chi connectivity index (χ0) is 18.4. The van der Waals surface area contributed by atoms with Gasteiger partial charge in [-0.2, -0.15) is 0 Å². The molecular weight excluding hydrogens is 348 g/mol. The first-order valence-electron chi connectivity index (χ1n) is 9.17. The number of amides is 1. The predicted molar refractivity (Wildman–Crippen MR) is 107 cm³/mol. The van der Waals surface area contributed by atoms with Gasteiger partial charge in [0.2, 0.25) is 0 Å². The summed E-state index contributed by atoms with van der Waals surface area (Å²) in [4.78, 5) is 21.3. The average Bonchev–Trinajstić information content (AvgIpc) is 2.68. The number of nitrogens with zero attached hydrogens (tertiary/aromatic N) is 3. The van der Waals surface area contributed by atoms with Crippen LogP contribution in [0.25, 0.3) is 0 Å². The lowest BCUT2D eigenvalue weighted by molar-refractivity contribution is 0.0953. The maximum atomic E-state index is 12.2. The van der Waals surface area contributed by atoms with Crippen molar-refractivity contribution in [3.8, 4) is 0 Å². The minimum absolute atomic E-state index is 0.0281. The highest BCUT2D eigenvalue weighted by Gasteiger charge is 2.19. The number of piperazine rings is 1. The van der Waals surface area contributed by atoms with Crippen molar-refractivity contribution < 1.29 is 4.79 Å². The summed E-state index contributed by atoms with van der Waals surface area (Å²) in [6.45, 7) is 6.34. The molecule has 1 saturated heterocycles. The normalized spacial score (nSPS) is 14.4. The molecule has 2 heterocycles. The van der Waals surface area contributed by atoms with Crippen molar-refractivity contribution in [1.82, 2.24) is 10.3 Å². The summed E-state index contributed by atoms with van der Waals surface area (Å²) in [6.07, 6.45) is 3.78. The van der Waals surface area contributed by atoms with E-state index >= 15 is 0 Å². The molecular formula is C20H25ClN4O. The Labute approximate surface area is 160 Å². The van der Waals surface area contributed by atoms with Crippen LogP contribution in [0.3, 0.4) is 0 Å². The van der Waals surface area contributed by atoms with Gasteiger partial charge in [-0.3, -0.25) is 4.79 Å². The van der Waals surface area contributed by atoms with Crippen LogP contribution in [0.2, 0.25) is 5.02 Å². The molecule has 1 aliphatic heterocycles. The van der Waals surface area contributed by atoms with Gasteiger partial charge in [-0.05, 0) is 36.8 Å². The maximum Gasteiger partial charge on any atom is 0.251 e. The maximum absolute atomic E-state index is 12.2. The van der Waals surface area contributed by atoms with Gasteiger partial charge in [-0.15, -0.1) is 0 Å². The van der Waals surface area contributed by atoms with E-state index in [9.17, 15) is 4.79 Å². The molecule has 0 bridgehead atoms. The van der Waals surface area contributed by atoms with Crippen molar-refractivity contribution >= 4 is 29.0 Å². The highest BCUT2D eigenvalue weighted by atomic mass is 35.5. The zero-order valence-corrected chi connectivity index (χ0v) is 15.9. The Bertz CT molecular complexity index is 744. The Hall–Kier alpha value is -2.27. The molecule has 1 fully saturated rings. The number of carbonyl (C=O) groups is 1. The van der Waals surface area contributed by atoms with Crippen molar-refractivity contribution in [1.29, 1.82) is 0 Å². The quantitative estimate of drug-likeness (QED) is 0.787. The number of hydrogen-bond acceptors (Lipinski definition) is 4. The molecule has 2 aromatic rings. The molecule has 26 heavy (non-hydrogen) atoms. The molecule has 1 amide bonds. The Balaban J connectivity index is 1.61. The van der Waals surface area contributed by atoms with Gasteiger partial charge in [0.1, 0.15) is 5.82 Å². The largest absolute Gasteiger partial charge is 0.368 e. The van der Waals surface area contributed by atoms with E-state index in [4.69, 9.17) is 11.6 Å². The molecule has 138 valence electrons. The number of halogens is 1. The van der Waals surface area contributed by atoms with Crippen molar-refractivity contribution in [2.75, 3.05) is 42.5 Å². The van der Waals surface area contributed by atoms with Crippen LogP contribution in [-0.4, -0.2) is 43.6 Å². The number of unbranched alkanes of at least 4 members (excludes halogenated alkanes) is 1. The molecule has 6 heteroatoms. The summed E-state index contributed by atoms with van der Waals surface area (Å²) >= 11 is 6.10. The van der Waals surface area contributed by atoms with Crippen molar-refractivity contribution in [3.05, 3.63) is 53.2 Å². The summed E-state index contributed by atoms with van der Waals surface area (Å²) in [5.41, 5.74) is 1.82. The van der Waals surface area contributed by atoms with Gasteiger partial charge >= 0.3 is 0 Å². The summed E-state index contributed by atoms with van der Waals surface area (Å²) < 4.78 is 0. The number of rotatable bonds is 6. The molecule has 1 aromatic heterocycles. The fraction of sp³-hybridized carbons (Fsp3) is 0.400. The third-order valence-corrected chi connectivity index (χ3v) is 4.84. The molecule has 0 aliphatic carbocycles. The van der Waals surface area contributed by atoms with Gasteiger partial charge in [0, 0.05) is 55.2 Å². The fourth-order valence-electron chi connectivity index (χ4n) is 3.08. The number of hydrogen-bond donors (Lipinski definition) is 1. The van der Waals surface area contributed by atoms with Gasteiger partial charge in [0.25, 0.3) is 5.91 Å². The molecule has 0 radical (unpaired) electrons. The third kappa shape index (κ3) is 4.67. The molecule has 3 rings (SSSR count). The van der Waals surface area contributed by atoms with Crippen LogP contribution in [0.15, 0.2) is 42.6 Å². The molecule has 0 spiro atoms. The first-order valence-corrected chi connectivity index (χ1v) is 9.55. The van der Waals surface area contributed by atoms with E-state index in [1.165, 1.54) is 0 Å². The topological polar surface area (TPSA) is 48.5 Å². The van der Waals surface area contributed by atoms with Crippen LogP contribution in [-0.2, 0) is 0 Å². The molecule has 5 nitrogen and oxygen atoms in total. The molecule has 1 aromatic carbocycles. The van der Waals surface area contributed by atoms with Crippen LogP contribution < -0.4 is 15.1 Å². The minimum atomic E-state index is -0.0281. The standard InChI is InChI=1S/C20H25ClN4O/c1-2-3-8-23-20(26)16-7-9-22-19(14-16)25-12-10-24(11-13-25)18-6-4-5-17(21)15-18/h4-7,9,14-15H,2-3,8,10-13H2,1H3,(H,23,26). The molecule has 1 N–H and O–H groups in total. The lowest BCUT2D eigenvalue weighted by atomic mass is 10.2. The number of carbonyl (C=O) groups excluding carboxylic acids is 1. The summed E-state index contributed by atoms with van der Waals surface area (Å²) in [6, 6.07) is 11.6. The van der Waals surface area contributed by atoms with Gasteiger partial charge in [0.05, 0.1) is 0 Å². The van der Waals surface area contributed by atoms with Gasteiger partial charge in [-0.25, -0.2) is 4.98 Å². The highest BCUT2D eigenvalue weighted by Crippen LogP contribution is 2.22. The number of benzene rings is 1. The molecule has 1 aliphatic rings. The smallest absolute Gasteiger partial charge is 0.251 e. The average molecular weight is 373 g/mol. The Morgan fingerprint density at radius 2 is 1.92 bits per heavy atom. The van der Waals surface area contributed by atoms with E-state index in [1.807, 2.05) is 24.3 Å².